The van der Waals surface area contributed by atoms with Crippen LogP contribution < -0.4 is 10.6 Å². The van der Waals surface area contributed by atoms with Gasteiger partial charge in [-0.15, -0.1) is 0 Å². The van der Waals surface area contributed by atoms with E-state index in [-0.39, 0.29) is 11.9 Å². The second kappa shape index (κ2) is 6.56. The molecular weight excluding hydrogens is 252 g/mol. The first-order valence-electron chi connectivity index (χ1n) is 5.73. The zero-order chi connectivity index (χ0) is 13.7. The second-order valence-corrected chi connectivity index (χ2v) is 4.84. The van der Waals surface area contributed by atoms with Gasteiger partial charge in [-0.3, -0.25) is 4.79 Å². The number of carbonyl (C=O) groups is 1. The molecule has 0 aliphatic rings. The number of amides is 1. The van der Waals surface area contributed by atoms with Gasteiger partial charge in [0, 0.05) is 25.8 Å². The van der Waals surface area contributed by atoms with Crippen molar-refractivity contribution in [2.24, 2.45) is 0 Å². The second-order valence-electron chi connectivity index (χ2n) is 4.44. The zero-order valence-electron chi connectivity index (χ0n) is 11.1. The van der Waals surface area contributed by atoms with Crippen LogP contribution in [0, 0.1) is 0 Å². The van der Waals surface area contributed by atoms with Crippen LogP contribution in [-0.4, -0.2) is 49.5 Å². The van der Waals surface area contributed by atoms with Crippen LogP contribution in [0.1, 0.15) is 17.3 Å². The average molecular weight is 271 g/mol. The maximum Gasteiger partial charge on any atom is 0.253 e. The lowest BCUT2D eigenvalue weighted by atomic mass is 10.2. The molecule has 1 aromatic heterocycles. The summed E-state index contributed by atoms with van der Waals surface area (Å²) in [6, 6.07) is 1.69. The van der Waals surface area contributed by atoms with Crippen molar-refractivity contribution >= 4 is 23.3 Å². The van der Waals surface area contributed by atoms with Gasteiger partial charge in [0.25, 0.3) is 5.91 Å². The molecule has 1 rings (SSSR count). The molecule has 0 fully saturated rings. The van der Waals surface area contributed by atoms with E-state index in [1.807, 2.05) is 25.9 Å². The van der Waals surface area contributed by atoms with Crippen molar-refractivity contribution in [1.82, 2.24) is 15.2 Å². The Bertz CT molecular complexity index is 423. The van der Waals surface area contributed by atoms with Gasteiger partial charge in [-0.25, -0.2) is 4.98 Å². The first-order valence-corrected chi connectivity index (χ1v) is 6.10. The van der Waals surface area contributed by atoms with E-state index in [0.29, 0.717) is 16.4 Å². The summed E-state index contributed by atoms with van der Waals surface area (Å²) in [6.45, 7) is 2.72. The predicted octanol–water partition coefficient (Wildman–Crippen LogP) is 1.46. The van der Waals surface area contributed by atoms with Gasteiger partial charge < -0.3 is 15.5 Å². The van der Waals surface area contributed by atoms with Crippen molar-refractivity contribution in [3.8, 4) is 0 Å². The number of hydrogen-bond acceptors (Lipinski definition) is 4. The Morgan fingerprint density at radius 3 is 2.78 bits per heavy atom. The fourth-order valence-electron chi connectivity index (χ4n) is 1.64. The number of hydrogen-bond donors (Lipinski definition) is 2. The number of likely N-dealkylation sites (N-methyl/N-ethyl adjacent to an activating group) is 1. The average Bonchev–Trinajstić information content (AvgIpc) is 2.28. The normalized spacial score (nSPS) is 12.3. The molecule has 1 amide bonds. The Hall–Kier alpha value is -1.33. The summed E-state index contributed by atoms with van der Waals surface area (Å²) in [7, 11) is 5.66. The van der Waals surface area contributed by atoms with E-state index in [2.05, 4.69) is 15.6 Å². The summed E-state index contributed by atoms with van der Waals surface area (Å²) in [5.74, 6) is 0.429. The smallest absolute Gasteiger partial charge is 0.253 e. The molecule has 2 N–H and O–H groups in total. The van der Waals surface area contributed by atoms with E-state index in [9.17, 15) is 4.79 Å². The molecule has 0 bridgehead atoms. The van der Waals surface area contributed by atoms with E-state index < -0.39 is 0 Å². The highest BCUT2D eigenvalue weighted by atomic mass is 35.5. The molecular formula is C12H19ClN4O. The van der Waals surface area contributed by atoms with Gasteiger partial charge in [0.2, 0.25) is 0 Å². The van der Waals surface area contributed by atoms with E-state index in [1.165, 1.54) is 6.20 Å². The summed E-state index contributed by atoms with van der Waals surface area (Å²) >= 11 is 5.98. The van der Waals surface area contributed by atoms with Crippen molar-refractivity contribution < 1.29 is 4.79 Å². The lowest BCUT2D eigenvalue weighted by Crippen LogP contribution is -2.39. The lowest BCUT2D eigenvalue weighted by Gasteiger charge is -2.18. The van der Waals surface area contributed by atoms with Crippen LogP contribution in [0.2, 0.25) is 5.02 Å². The molecule has 0 saturated heterocycles. The molecule has 1 heterocycles. The topological polar surface area (TPSA) is 57.3 Å². The molecule has 18 heavy (non-hydrogen) atoms. The highest BCUT2D eigenvalue weighted by molar-refractivity contribution is 6.33. The van der Waals surface area contributed by atoms with Crippen LogP contribution in [0.25, 0.3) is 0 Å². The van der Waals surface area contributed by atoms with Crippen molar-refractivity contribution in [3.63, 3.8) is 0 Å². The SMILES string of the molecule is CNc1cc(C(=O)NC(C)CN(C)C)c(Cl)cn1. The maximum absolute atomic E-state index is 12.1. The minimum Gasteiger partial charge on any atom is -0.373 e. The lowest BCUT2D eigenvalue weighted by molar-refractivity contribution is 0.0934. The quantitative estimate of drug-likeness (QED) is 0.851. The molecule has 0 spiro atoms. The molecule has 6 heteroatoms. The largest absolute Gasteiger partial charge is 0.373 e. The summed E-state index contributed by atoms with van der Waals surface area (Å²) in [5, 5.41) is 6.13. The number of halogens is 1. The van der Waals surface area contributed by atoms with Crippen LogP contribution >= 0.6 is 11.6 Å². The minimum atomic E-state index is -0.187. The molecule has 1 atom stereocenters. The van der Waals surface area contributed by atoms with Crippen LogP contribution in [0.15, 0.2) is 12.3 Å². The van der Waals surface area contributed by atoms with Crippen molar-refractivity contribution in [2.45, 2.75) is 13.0 Å². The van der Waals surface area contributed by atoms with Crippen molar-refractivity contribution in [1.29, 1.82) is 0 Å². The monoisotopic (exact) mass is 270 g/mol. The summed E-state index contributed by atoms with van der Waals surface area (Å²) in [6.07, 6.45) is 1.47. The number of pyridine rings is 1. The molecule has 1 aromatic rings. The number of nitrogens with zero attached hydrogens (tertiary/aromatic N) is 2. The fraction of sp³-hybridized carbons (Fsp3) is 0.500. The number of rotatable bonds is 5. The van der Waals surface area contributed by atoms with Gasteiger partial charge in [-0.05, 0) is 27.1 Å². The van der Waals surface area contributed by atoms with Gasteiger partial charge in [-0.2, -0.15) is 0 Å². The number of carbonyl (C=O) groups excluding carboxylic acids is 1. The molecule has 0 saturated carbocycles. The Morgan fingerprint density at radius 2 is 2.22 bits per heavy atom. The Labute approximate surface area is 113 Å². The highest BCUT2D eigenvalue weighted by Crippen LogP contribution is 2.17. The zero-order valence-corrected chi connectivity index (χ0v) is 11.9. The van der Waals surface area contributed by atoms with Crippen LogP contribution in [-0.2, 0) is 0 Å². The van der Waals surface area contributed by atoms with E-state index >= 15 is 0 Å². The summed E-state index contributed by atoms with van der Waals surface area (Å²) in [4.78, 5) is 18.1. The molecule has 0 radical (unpaired) electrons. The molecule has 0 aliphatic heterocycles. The maximum atomic E-state index is 12.1. The van der Waals surface area contributed by atoms with Crippen LogP contribution in [0.4, 0.5) is 5.82 Å². The third kappa shape index (κ3) is 4.16. The number of aromatic nitrogens is 1. The predicted molar refractivity (Wildman–Crippen MR) is 74.3 cm³/mol. The Balaban J connectivity index is 2.77. The van der Waals surface area contributed by atoms with Crippen molar-refractivity contribution in [2.75, 3.05) is 33.0 Å². The van der Waals surface area contributed by atoms with Crippen molar-refractivity contribution in [3.05, 3.63) is 22.8 Å². The van der Waals surface area contributed by atoms with Gasteiger partial charge >= 0.3 is 0 Å². The first-order chi connectivity index (χ1) is 8.43. The Kier molecular flexibility index (Phi) is 5.37. The van der Waals surface area contributed by atoms with Gasteiger partial charge in [0.1, 0.15) is 5.82 Å². The van der Waals surface area contributed by atoms with Gasteiger partial charge in [0.05, 0.1) is 10.6 Å². The van der Waals surface area contributed by atoms with E-state index in [0.717, 1.165) is 6.54 Å². The highest BCUT2D eigenvalue weighted by Gasteiger charge is 2.14. The van der Waals surface area contributed by atoms with Gasteiger partial charge in [0.15, 0.2) is 0 Å². The number of anilines is 1. The van der Waals surface area contributed by atoms with E-state index in [1.54, 1.807) is 13.1 Å². The molecule has 5 nitrogen and oxygen atoms in total. The minimum absolute atomic E-state index is 0.0507. The van der Waals surface area contributed by atoms with Gasteiger partial charge in [-0.1, -0.05) is 11.6 Å². The van der Waals surface area contributed by atoms with Crippen LogP contribution in [0.3, 0.4) is 0 Å². The fourth-order valence-corrected chi connectivity index (χ4v) is 1.83. The number of nitrogens with one attached hydrogen (secondary N) is 2. The molecule has 0 aromatic carbocycles. The first kappa shape index (κ1) is 14.7. The third-order valence-corrected chi connectivity index (χ3v) is 2.67. The third-order valence-electron chi connectivity index (χ3n) is 2.37. The summed E-state index contributed by atoms with van der Waals surface area (Å²) < 4.78 is 0. The molecule has 1 unspecified atom stereocenters. The molecule has 100 valence electrons. The molecule has 0 aliphatic carbocycles. The standard InChI is InChI=1S/C12H19ClN4O/c1-8(7-17(3)4)16-12(18)9-5-11(14-2)15-6-10(9)13/h5-6,8H,7H2,1-4H3,(H,14,15)(H,16,18). The Morgan fingerprint density at radius 1 is 1.56 bits per heavy atom. The van der Waals surface area contributed by atoms with E-state index in [4.69, 9.17) is 11.6 Å². The summed E-state index contributed by atoms with van der Waals surface area (Å²) in [5.41, 5.74) is 0.432. The van der Waals surface area contributed by atoms with Crippen LogP contribution in [0.5, 0.6) is 0 Å².